The molecule has 2 rings (SSSR count). The number of esters is 1. The number of nitrogens with zero attached hydrogens (tertiary/aromatic N) is 1. The lowest BCUT2D eigenvalue weighted by Crippen LogP contribution is -2.35. The van der Waals surface area contributed by atoms with E-state index in [1.54, 1.807) is 6.92 Å². The van der Waals surface area contributed by atoms with Crippen LogP contribution in [0.3, 0.4) is 0 Å². The number of ether oxygens (including phenoxy) is 1. The van der Waals surface area contributed by atoms with Gasteiger partial charge in [0.2, 0.25) is 10.0 Å². The molecule has 0 bridgehead atoms. The minimum atomic E-state index is -3.66. The third-order valence-corrected chi connectivity index (χ3v) is 5.69. The Hall–Kier alpha value is -1.57. The van der Waals surface area contributed by atoms with Crippen molar-refractivity contribution in [3.63, 3.8) is 0 Å². The number of aryl methyl sites for hydroxylation is 1. The predicted octanol–water partition coefficient (Wildman–Crippen LogP) is 1.11. The molecule has 20 heavy (non-hydrogen) atoms. The van der Waals surface area contributed by atoms with Gasteiger partial charge in [-0.25, -0.2) is 8.42 Å². The Morgan fingerprint density at radius 2 is 2.10 bits per heavy atom. The van der Waals surface area contributed by atoms with Crippen molar-refractivity contribution < 1.29 is 17.9 Å². The van der Waals surface area contributed by atoms with Crippen molar-refractivity contribution in [2.75, 3.05) is 11.8 Å². The van der Waals surface area contributed by atoms with E-state index in [-0.39, 0.29) is 5.82 Å². The molecule has 8 heteroatoms. The van der Waals surface area contributed by atoms with Crippen LogP contribution in [-0.4, -0.2) is 36.9 Å². The Morgan fingerprint density at radius 3 is 2.65 bits per heavy atom. The first kappa shape index (κ1) is 14.8. The number of sulfonamides is 1. The van der Waals surface area contributed by atoms with E-state index < -0.39 is 27.2 Å². The number of nitrogens with one attached hydrogen (secondary N) is 2. The van der Waals surface area contributed by atoms with Crippen molar-refractivity contribution in [2.24, 2.45) is 5.92 Å². The maximum Gasteiger partial charge on any atom is 0.310 e. The zero-order chi connectivity index (χ0) is 14.9. The van der Waals surface area contributed by atoms with Crippen LogP contribution >= 0.6 is 0 Å². The lowest BCUT2D eigenvalue weighted by atomic mass is 10.1. The van der Waals surface area contributed by atoms with Gasteiger partial charge < -0.3 is 4.74 Å². The monoisotopic (exact) mass is 301 g/mol. The zero-order valence-electron chi connectivity index (χ0n) is 11.8. The van der Waals surface area contributed by atoms with Crippen molar-refractivity contribution in [1.82, 2.24) is 10.2 Å². The molecule has 1 aliphatic carbocycles. The summed E-state index contributed by atoms with van der Waals surface area (Å²) in [5, 5.41) is 5.90. The summed E-state index contributed by atoms with van der Waals surface area (Å²) >= 11 is 0. The van der Waals surface area contributed by atoms with Gasteiger partial charge in [0.1, 0.15) is 0 Å². The van der Waals surface area contributed by atoms with Crippen LogP contribution in [-0.2, 0) is 19.6 Å². The molecule has 1 fully saturated rings. The van der Waals surface area contributed by atoms with Gasteiger partial charge in [0.05, 0.1) is 18.3 Å². The van der Waals surface area contributed by atoms with E-state index in [4.69, 9.17) is 0 Å². The first-order valence-corrected chi connectivity index (χ1v) is 8.02. The molecule has 7 nitrogen and oxygen atoms in total. The molecule has 112 valence electrons. The largest absolute Gasteiger partial charge is 0.469 e. The van der Waals surface area contributed by atoms with E-state index in [0.717, 1.165) is 11.3 Å². The molecule has 0 saturated heterocycles. The number of carbonyl (C=O) groups is 1. The van der Waals surface area contributed by atoms with Crippen molar-refractivity contribution in [3.05, 3.63) is 11.3 Å². The van der Waals surface area contributed by atoms with Crippen LogP contribution < -0.4 is 4.72 Å². The van der Waals surface area contributed by atoms with Gasteiger partial charge in [-0.1, -0.05) is 6.42 Å². The number of methoxy groups -OCH3 is 1. The molecule has 1 heterocycles. The second-order valence-corrected chi connectivity index (χ2v) is 6.97. The van der Waals surface area contributed by atoms with E-state index in [0.29, 0.717) is 19.3 Å². The van der Waals surface area contributed by atoms with E-state index in [9.17, 15) is 13.2 Å². The van der Waals surface area contributed by atoms with Gasteiger partial charge in [0, 0.05) is 11.3 Å². The molecule has 2 atom stereocenters. The number of aromatic nitrogens is 2. The van der Waals surface area contributed by atoms with Gasteiger partial charge in [-0.3, -0.25) is 14.6 Å². The number of anilines is 1. The number of hydrogen-bond acceptors (Lipinski definition) is 5. The number of aromatic amines is 1. The summed E-state index contributed by atoms with van der Waals surface area (Å²) in [6.45, 7) is 3.59. The molecule has 0 spiro atoms. The number of rotatable bonds is 4. The van der Waals surface area contributed by atoms with E-state index >= 15 is 0 Å². The van der Waals surface area contributed by atoms with E-state index in [2.05, 4.69) is 19.7 Å². The fourth-order valence-electron chi connectivity index (χ4n) is 2.51. The summed E-state index contributed by atoms with van der Waals surface area (Å²) in [4.78, 5) is 11.7. The third kappa shape index (κ3) is 2.65. The molecule has 1 aliphatic rings. The van der Waals surface area contributed by atoms with Crippen LogP contribution in [0.1, 0.15) is 30.5 Å². The molecule has 1 saturated carbocycles. The highest BCUT2D eigenvalue weighted by Crippen LogP contribution is 2.33. The van der Waals surface area contributed by atoms with Crippen molar-refractivity contribution >= 4 is 21.8 Å². The fraction of sp³-hybridized carbons (Fsp3) is 0.667. The Kier molecular flexibility index (Phi) is 4.03. The molecule has 0 amide bonds. The topological polar surface area (TPSA) is 101 Å². The van der Waals surface area contributed by atoms with Gasteiger partial charge in [-0.2, -0.15) is 5.10 Å². The Balaban J connectivity index is 2.22. The van der Waals surface area contributed by atoms with Gasteiger partial charge in [0.15, 0.2) is 5.82 Å². The SMILES string of the molecule is COC(=O)C1CCCC1S(=O)(=O)Nc1n[nH]c(C)c1C. The van der Waals surface area contributed by atoms with Crippen LogP contribution in [0.25, 0.3) is 0 Å². The molecule has 0 aromatic carbocycles. The smallest absolute Gasteiger partial charge is 0.310 e. The summed E-state index contributed by atoms with van der Waals surface area (Å²) in [5.74, 6) is -0.774. The maximum absolute atomic E-state index is 12.4. The normalized spacial score (nSPS) is 22.8. The van der Waals surface area contributed by atoms with Crippen LogP contribution in [0.2, 0.25) is 0 Å². The van der Waals surface area contributed by atoms with Crippen LogP contribution in [0.4, 0.5) is 5.82 Å². The highest BCUT2D eigenvalue weighted by atomic mass is 32.2. The summed E-state index contributed by atoms with van der Waals surface area (Å²) < 4.78 is 32.0. The lowest BCUT2D eigenvalue weighted by molar-refractivity contribution is -0.145. The standard InChI is InChI=1S/C12H19N3O4S/c1-7-8(2)13-14-11(7)15-20(17,18)10-6-4-5-9(10)12(16)19-3/h9-10H,4-6H2,1-3H3,(H2,13,14,15). The minimum absolute atomic E-state index is 0.290. The summed E-state index contributed by atoms with van der Waals surface area (Å²) in [5.41, 5.74) is 1.56. The summed E-state index contributed by atoms with van der Waals surface area (Å²) in [7, 11) is -2.38. The highest BCUT2D eigenvalue weighted by Gasteiger charge is 2.42. The number of carbonyl (C=O) groups excluding carboxylic acids is 1. The average molecular weight is 301 g/mol. The maximum atomic E-state index is 12.4. The van der Waals surface area contributed by atoms with Crippen LogP contribution in [0.15, 0.2) is 0 Å². The Morgan fingerprint density at radius 1 is 1.40 bits per heavy atom. The second kappa shape index (κ2) is 5.43. The third-order valence-electron chi connectivity index (χ3n) is 3.85. The average Bonchev–Trinajstić information content (AvgIpc) is 3.00. The van der Waals surface area contributed by atoms with Gasteiger partial charge in [0.25, 0.3) is 0 Å². The molecule has 1 aromatic heterocycles. The van der Waals surface area contributed by atoms with Gasteiger partial charge >= 0.3 is 5.97 Å². The lowest BCUT2D eigenvalue weighted by Gasteiger charge is -2.18. The molecule has 0 radical (unpaired) electrons. The van der Waals surface area contributed by atoms with Crippen molar-refractivity contribution in [2.45, 2.75) is 38.4 Å². The predicted molar refractivity (Wildman–Crippen MR) is 73.7 cm³/mol. The molecule has 2 N–H and O–H groups in total. The molecule has 0 aliphatic heterocycles. The fourth-order valence-corrected chi connectivity index (χ4v) is 4.29. The Labute approximate surface area is 118 Å². The second-order valence-electron chi connectivity index (χ2n) is 5.07. The Bertz CT molecular complexity index is 608. The minimum Gasteiger partial charge on any atom is -0.469 e. The molecule has 2 unspecified atom stereocenters. The van der Waals surface area contributed by atoms with Crippen LogP contribution in [0.5, 0.6) is 0 Å². The van der Waals surface area contributed by atoms with Crippen LogP contribution in [0, 0.1) is 19.8 Å². The van der Waals surface area contributed by atoms with Gasteiger partial charge in [-0.15, -0.1) is 0 Å². The van der Waals surface area contributed by atoms with Crippen molar-refractivity contribution in [1.29, 1.82) is 0 Å². The van der Waals surface area contributed by atoms with E-state index in [1.165, 1.54) is 7.11 Å². The molecular weight excluding hydrogens is 282 g/mol. The number of H-pyrrole nitrogens is 1. The number of hydrogen-bond donors (Lipinski definition) is 2. The molecular formula is C12H19N3O4S. The summed E-state index contributed by atoms with van der Waals surface area (Å²) in [6, 6.07) is 0. The first-order chi connectivity index (χ1) is 9.36. The van der Waals surface area contributed by atoms with Crippen molar-refractivity contribution in [3.8, 4) is 0 Å². The van der Waals surface area contributed by atoms with Gasteiger partial charge in [-0.05, 0) is 26.7 Å². The quantitative estimate of drug-likeness (QED) is 0.811. The highest BCUT2D eigenvalue weighted by molar-refractivity contribution is 7.93. The zero-order valence-corrected chi connectivity index (χ0v) is 12.6. The van der Waals surface area contributed by atoms with E-state index in [1.807, 2.05) is 6.92 Å². The first-order valence-electron chi connectivity index (χ1n) is 6.48. The molecule has 1 aromatic rings. The summed E-state index contributed by atoms with van der Waals surface area (Å²) in [6.07, 6.45) is 1.69.